The molecule has 0 aliphatic carbocycles. The number of aromatic nitrogens is 2. The van der Waals surface area contributed by atoms with Crippen molar-refractivity contribution in [2.24, 2.45) is 5.92 Å². The molecule has 0 spiro atoms. The molecule has 19 heavy (non-hydrogen) atoms. The lowest BCUT2D eigenvalue weighted by atomic mass is 10.0. The van der Waals surface area contributed by atoms with Gasteiger partial charge in [0, 0.05) is 12.7 Å². The number of aryl methyl sites for hydroxylation is 1. The van der Waals surface area contributed by atoms with E-state index in [1.54, 1.807) is 0 Å². The van der Waals surface area contributed by atoms with Gasteiger partial charge in [0.05, 0.1) is 6.20 Å². The maximum atomic E-state index is 4.42. The van der Waals surface area contributed by atoms with Gasteiger partial charge in [-0.25, -0.2) is 0 Å². The highest BCUT2D eigenvalue weighted by Crippen LogP contribution is 2.14. The van der Waals surface area contributed by atoms with E-state index in [0.717, 1.165) is 12.5 Å². The average molecular weight is 264 g/mol. The fraction of sp³-hybridized carbons (Fsp3) is 0.824. The van der Waals surface area contributed by atoms with Gasteiger partial charge in [0.25, 0.3) is 0 Å². The highest BCUT2D eigenvalue weighted by atomic mass is 15.3. The Balaban J connectivity index is 1.98. The second-order valence-corrected chi connectivity index (χ2v) is 6.50. The quantitative estimate of drug-likeness (QED) is 0.518. The standard InChI is InChI=1S/C17H32N2/c1-15(2)11-9-7-5-6-8-10-12-19-14-17(13-18-19)16(3)4/h13-16H,5-12H2,1-4H3. The lowest BCUT2D eigenvalue weighted by molar-refractivity contribution is 0.495. The normalized spacial score (nSPS) is 11.7. The minimum Gasteiger partial charge on any atom is -0.272 e. The molecule has 1 aromatic heterocycles. The van der Waals surface area contributed by atoms with Crippen LogP contribution in [0.2, 0.25) is 0 Å². The molecule has 0 radical (unpaired) electrons. The molecular weight excluding hydrogens is 232 g/mol. The summed E-state index contributed by atoms with van der Waals surface area (Å²) in [6, 6.07) is 0. The van der Waals surface area contributed by atoms with Crippen LogP contribution in [0.3, 0.4) is 0 Å². The summed E-state index contributed by atoms with van der Waals surface area (Å²) in [5.74, 6) is 1.46. The molecule has 1 heterocycles. The van der Waals surface area contributed by atoms with Gasteiger partial charge in [-0.2, -0.15) is 5.10 Å². The molecule has 110 valence electrons. The fourth-order valence-corrected chi connectivity index (χ4v) is 2.33. The number of hydrogen-bond donors (Lipinski definition) is 0. The van der Waals surface area contributed by atoms with Crippen LogP contribution in [0.1, 0.15) is 84.1 Å². The Hall–Kier alpha value is -0.790. The minimum absolute atomic E-state index is 0.592. The third-order valence-corrected chi connectivity index (χ3v) is 3.74. The molecule has 0 fully saturated rings. The molecule has 0 atom stereocenters. The summed E-state index contributed by atoms with van der Waals surface area (Å²) in [6.07, 6.45) is 13.8. The van der Waals surface area contributed by atoms with Crippen LogP contribution in [0, 0.1) is 5.92 Å². The van der Waals surface area contributed by atoms with Crippen molar-refractivity contribution >= 4 is 0 Å². The van der Waals surface area contributed by atoms with E-state index in [1.165, 1.54) is 50.5 Å². The summed E-state index contributed by atoms with van der Waals surface area (Å²) >= 11 is 0. The van der Waals surface area contributed by atoms with E-state index < -0.39 is 0 Å². The van der Waals surface area contributed by atoms with Crippen molar-refractivity contribution in [3.63, 3.8) is 0 Å². The first-order valence-corrected chi connectivity index (χ1v) is 8.12. The van der Waals surface area contributed by atoms with Crippen LogP contribution in [0.5, 0.6) is 0 Å². The fourth-order valence-electron chi connectivity index (χ4n) is 2.33. The Morgan fingerprint density at radius 1 is 0.947 bits per heavy atom. The maximum absolute atomic E-state index is 4.42. The first-order valence-electron chi connectivity index (χ1n) is 8.12. The lowest BCUT2D eigenvalue weighted by Crippen LogP contribution is -1.98. The highest BCUT2D eigenvalue weighted by molar-refractivity contribution is 5.08. The van der Waals surface area contributed by atoms with Crippen molar-refractivity contribution in [3.05, 3.63) is 18.0 Å². The van der Waals surface area contributed by atoms with Gasteiger partial charge < -0.3 is 0 Å². The van der Waals surface area contributed by atoms with E-state index in [1.807, 2.05) is 6.20 Å². The van der Waals surface area contributed by atoms with Gasteiger partial charge in [-0.1, -0.05) is 66.2 Å². The zero-order valence-corrected chi connectivity index (χ0v) is 13.4. The monoisotopic (exact) mass is 264 g/mol. The first-order chi connectivity index (χ1) is 9.09. The number of unbranched alkanes of at least 4 members (excludes halogenated alkanes) is 5. The van der Waals surface area contributed by atoms with Crippen LogP contribution in [0.15, 0.2) is 12.4 Å². The predicted octanol–water partition coefficient (Wildman–Crippen LogP) is 5.39. The lowest BCUT2D eigenvalue weighted by Gasteiger charge is -2.05. The molecule has 0 amide bonds. The van der Waals surface area contributed by atoms with E-state index in [2.05, 4.69) is 43.7 Å². The summed E-state index contributed by atoms with van der Waals surface area (Å²) in [5.41, 5.74) is 1.36. The van der Waals surface area contributed by atoms with E-state index in [4.69, 9.17) is 0 Å². The van der Waals surface area contributed by atoms with E-state index in [0.29, 0.717) is 5.92 Å². The Morgan fingerprint density at radius 2 is 1.58 bits per heavy atom. The second-order valence-electron chi connectivity index (χ2n) is 6.50. The molecule has 0 aromatic carbocycles. The molecule has 1 rings (SSSR count). The van der Waals surface area contributed by atoms with Crippen molar-refractivity contribution in [1.82, 2.24) is 9.78 Å². The smallest absolute Gasteiger partial charge is 0.0524 e. The molecule has 0 aliphatic heterocycles. The largest absolute Gasteiger partial charge is 0.272 e. The SMILES string of the molecule is CC(C)CCCCCCCCn1cc(C(C)C)cn1. The van der Waals surface area contributed by atoms with Crippen LogP contribution in [-0.2, 0) is 6.54 Å². The van der Waals surface area contributed by atoms with Gasteiger partial charge in [0.15, 0.2) is 0 Å². The van der Waals surface area contributed by atoms with E-state index >= 15 is 0 Å². The number of nitrogens with zero attached hydrogens (tertiary/aromatic N) is 2. The van der Waals surface area contributed by atoms with Gasteiger partial charge in [-0.15, -0.1) is 0 Å². The van der Waals surface area contributed by atoms with Crippen LogP contribution in [-0.4, -0.2) is 9.78 Å². The molecule has 0 aliphatic rings. The Morgan fingerprint density at radius 3 is 2.16 bits per heavy atom. The van der Waals surface area contributed by atoms with Crippen molar-refractivity contribution < 1.29 is 0 Å². The summed E-state index contributed by atoms with van der Waals surface area (Å²) in [7, 11) is 0. The van der Waals surface area contributed by atoms with Crippen LogP contribution in [0.4, 0.5) is 0 Å². The minimum atomic E-state index is 0.592. The van der Waals surface area contributed by atoms with Gasteiger partial charge >= 0.3 is 0 Å². The van der Waals surface area contributed by atoms with Crippen molar-refractivity contribution in [1.29, 1.82) is 0 Å². The molecule has 0 saturated heterocycles. The van der Waals surface area contributed by atoms with Crippen molar-refractivity contribution in [2.45, 2.75) is 85.1 Å². The van der Waals surface area contributed by atoms with Gasteiger partial charge in [-0.05, 0) is 23.8 Å². The Bertz CT molecular complexity index is 326. The third-order valence-electron chi connectivity index (χ3n) is 3.74. The van der Waals surface area contributed by atoms with Crippen molar-refractivity contribution in [2.75, 3.05) is 0 Å². The molecule has 2 nitrogen and oxygen atoms in total. The summed E-state index contributed by atoms with van der Waals surface area (Å²) < 4.78 is 2.11. The summed E-state index contributed by atoms with van der Waals surface area (Å²) in [4.78, 5) is 0. The van der Waals surface area contributed by atoms with Crippen LogP contribution in [0.25, 0.3) is 0 Å². The molecular formula is C17H32N2. The third kappa shape index (κ3) is 7.39. The molecule has 0 N–H and O–H groups in total. The first kappa shape index (κ1) is 16.3. The van der Waals surface area contributed by atoms with Gasteiger partial charge in [-0.3, -0.25) is 4.68 Å². The number of rotatable bonds is 10. The van der Waals surface area contributed by atoms with Crippen LogP contribution < -0.4 is 0 Å². The molecule has 1 aromatic rings. The zero-order valence-electron chi connectivity index (χ0n) is 13.4. The van der Waals surface area contributed by atoms with Crippen LogP contribution >= 0.6 is 0 Å². The molecule has 0 unspecified atom stereocenters. The maximum Gasteiger partial charge on any atom is 0.0524 e. The van der Waals surface area contributed by atoms with Gasteiger partial charge in [0.1, 0.15) is 0 Å². The van der Waals surface area contributed by atoms with Gasteiger partial charge in [0.2, 0.25) is 0 Å². The van der Waals surface area contributed by atoms with Crippen molar-refractivity contribution in [3.8, 4) is 0 Å². The topological polar surface area (TPSA) is 17.8 Å². The Kier molecular flexibility index (Phi) is 7.85. The van der Waals surface area contributed by atoms with E-state index in [9.17, 15) is 0 Å². The predicted molar refractivity (Wildman–Crippen MR) is 83.5 cm³/mol. The van der Waals surface area contributed by atoms with E-state index in [-0.39, 0.29) is 0 Å². The zero-order chi connectivity index (χ0) is 14.1. The Labute approximate surface area is 119 Å². The molecule has 2 heteroatoms. The molecule has 0 saturated carbocycles. The summed E-state index contributed by atoms with van der Waals surface area (Å²) in [6.45, 7) is 10.2. The average Bonchev–Trinajstić information content (AvgIpc) is 2.81. The number of hydrogen-bond acceptors (Lipinski definition) is 1. The molecule has 0 bridgehead atoms. The second kappa shape index (κ2) is 9.17. The highest BCUT2D eigenvalue weighted by Gasteiger charge is 2.02. The summed E-state index contributed by atoms with van der Waals surface area (Å²) in [5, 5.41) is 4.42.